The molecule has 1 unspecified atom stereocenters. The van der Waals surface area contributed by atoms with E-state index in [1.165, 1.54) is 42.5 Å². The van der Waals surface area contributed by atoms with E-state index in [4.69, 9.17) is 10.3 Å². The molecule has 0 radical (unpaired) electrons. The summed E-state index contributed by atoms with van der Waals surface area (Å²) in [5.41, 5.74) is 1.26. The molecule has 20 heavy (non-hydrogen) atoms. The molecule has 0 fully saturated rings. The van der Waals surface area contributed by atoms with Gasteiger partial charge in [-0.3, -0.25) is 4.79 Å². The highest BCUT2D eigenvalue weighted by atomic mass is 16.8. The van der Waals surface area contributed by atoms with Crippen molar-refractivity contribution in [3.05, 3.63) is 70.9 Å². The first kappa shape index (κ1) is 14.0. The van der Waals surface area contributed by atoms with Gasteiger partial charge in [0.05, 0.1) is 0 Å². The lowest BCUT2D eigenvalue weighted by atomic mass is 10.1. The lowest BCUT2D eigenvalue weighted by Crippen LogP contribution is -2.99. The molecule has 2 aromatic rings. The Balaban J connectivity index is 2.14. The van der Waals surface area contributed by atoms with Crippen molar-refractivity contribution in [2.75, 3.05) is 0 Å². The van der Waals surface area contributed by atoms with Crippen molar-refractivity contribution in [1.29, 1.82) is 0 Å². The molecule has 2 aromatic carbocycles. The number of ketones is 1. The molecule has 0 spiro atoms. The molecule has 1 atom stereocenters. The monoisotopic (exact) mass is 271 g/mol. The summed E-state index contributed by atoms with van der Waals surface area (Å²) < 4.78 is 0. The second-order valence-corrected chi connectivity index (χ2v) is 4.18. The Morgan fingerprint density at radius 1 is 1.15 bits per heavy atom. The number of quaternary nitrogens is 1. The van der Waals surface area contributed by atoms with Crippen LogP contribution < -0.4 is 5.23 Å². The summed E-state index contributed by atoms with van der Waals surface area (Å²) >= 11 is 0. The van der Waals surface area contributed by atoms with Crippen LogP contribution in [0.3, 0.4) is 0 Å². The van der Waals surface area contributed by atoms with Crippen LogP contribution in [0.5, 0.6) is 5.75 Å². The minimum atomic E-state index is -1.01. The predicted molar refractivity (Wildman–Crippen MR) is 73.7 cm³/mol. The van der Waals surface area contributed by atoms with Gasteiger partial charge in [0, 0.05) is 17.7 Å². The van der Waals surface area contributed by atoms with Crippen molar-refractivity contribution < 1.29 is 20.3 Å². The Bertz CT molecular complexity index is 633. The zero-order valence-electron chi connectivity index (χ0n) is 10.5. The van der Waals surface area contributed by atoms with Gasteiger partial charge in [-0.15, -0.1) is 0 Å². The molecule has 0 heterocycles. The molecule has 0 amide bonds. The van der Waals surface area contributed by atoms with Gasteiger partial charge in [0.15, 0.2) is 11.5 Å². The number of carbonyl (C=O) groups excluding carboxylic acids is 1. The SMILES string of the molecule is O=C(C=Cc1cccc([NH+]([O-])O)c1)c1ccc(O)cc1. The number of hydrogen-bond acceptors (Lipinski definition) is 4. The number of aromatic hydroxyl groups is 1. The fourth-order valence-corrected chi connectivity index (χ4v) is 1.67. The van der Waals surface area contributed by atoms with E-state index in [0.29, 0.717) is 11.1 Å². The number of hydrogen-bond donors (Lipinski definition) is 3. The second-order valence-electron chi connectivity index (χ2n) is 4.18. The maximum absolute atomic E-state index is 11.9. The average Bonchev–Trinajstić information content (AvgIpc) is 2.46. The quantitative estimate of drug-likeness (QED) is 0.449. The number of allylic oxidation sites excluding steroid dienone is 1. The molecule has 5 nitrogen and oxygen atoms in total. The minimum Gasteiger partial charge on any atom is -0.595 e. The first-order valence-electron chi connectivity index (χ1n) is 5.91. The first-order valence-corrected chi connectivity index (χ1v) is 5.91. The van der Waals surface area contributed by atoms with E-state index < -0.39 is 5.23 Å². The highest BCUT2D eigenvalue weighted by Crippen LogP contribution is 2.12. The first-order chi connectivity index (χ1) is 9.56. The summed E-state index contributed by atoms with van der Waals surface area (Å²) in [4.78, 5) is 11.9. The van der Waals surface area contributed by atoms with Crippen LogP contribution in [-0.2, 0) is 0 Å². The van der Waals surface area contributed by atoms with Crippen molar-refractivity contribution in [3.63, 3.8) is 0 Å². The van der Waals surface area contributed by atoms with Crippen molar-refractivity contribution in [1.82, 2.24) is 0 Å². The summed E-state index contributed by atoms with van der Waals surface area (Å²) in [6.45, 7) is 0. The highest BCUT2D eigenvalue weighted by molar-refractivity contribution is 6.06. The standard InChI is InChI=1S/C15H13NO4/c17-14-7-5-12(6-8-14)15(18)9-4-11-2-1-3-13(10-11)16(19)20/h1-10,16-17,19H. The molecule has 0 aliphatic carbocycles. The number of phenols is 1. The zero-order valence-corrected chi connectivity index (χ0v) is 10.5. The second kappa shape index (κ2) is 6.12. The van der Waals surface area contributed by atoms with Gasteiger partial charge in [-0.25, -0.2) is 5.21 Å². The molecule has 0 aromatic heterocycles. The summed E-state index contributed by atoms with van der Waals surface area (Å²) in [7, 11) is 0. The fraction of sp³-hybridized carbons (Fsp3) is 0. The molecular weight excluding hydrogens is 258 g/mol. The van der Waals surface area contributed by atoms with Crippen molar-refractivity contribution in [3.8, 4) is 5.75 Å². The molecular formula is C15H13NO4. The van der Waals surface area contributed by atoms with Crippen molar-refractivity contribution >= 4 is 17.5 Å². The van der Waals surface area contributed by atoms with E-state index in [1.807, 2.05) is 0 Å². The molecule has 0 bridgehead atoms. The van der Waals surface area contributed by atoms with Crippen LogP contribution in [-0.4, -0.2) is 16.1 Å². The Morgan fingerprint density at radius 2 is 1.85 bits per heavy atom. The molecule has 0 saturated heterocycles. The highest BCUT2D eigenvalue weighted by Gasteiger charge is 2.02. The van der Waals surface area contributed by atoms with Gasteiger partial charge in [0.2, 0.25) is 0 Å². The van der Waals surface area contributed by atoms with Crippen LogP contribution in [0.1, 0.15) is 15.9 Å². The summed E-state index contributed by atoms with van der Waals surface area (Å²) in [5, 5.41) is 27.8. The van der Waals surface area contributed by atoms with E-state index >= 15 is 0 Å². The number of phenolic OH excluding ortho intramolecular Hbond substituents is 1. The molecule has 3 N–H and O–H groups in total. The van der Waals surface area contributed by atoms with Gasteiger partial charge in [0.1, 0.15) is 5.75 Å². The average molecular weight is 271 g/mol. The van der Waals surface area contributed by atoms with E-state index in [2.05, 4.69) is 0 Å². The summed E-state index contributed by atoms with van der Waals surface area (Å²) in [6.07, 6.45) is 2.93. The van der Waals surface area contributed by atoms with Crippen molar-refractivity contribution in [2.45, 2.75) is 0 Å². The van der Waals surface area contributed by atoms with Crippen LogP contribution in [0.2, 0.25) is 0 Å². The molecule has 5 heteroatoms. The molecule has 0 saturated carbocycles. The van der Waals surface area contributed by atoms with Gasteiger partial charge < -0.3 is 10.3 Å². The Labute approximate surface area is 115 Å². The van der Waals surface area contributed by atoms with E-state index in [-0.39, 0.29) is 17.2 Å². The van der Waals surface area contributed by atoms with Gasteiger partial charge >= 0.3 is 0 Å². The van der Waals surface area contributed by atoms with Gasteiger partial charge in [-0.2, -0.15) is 5.23 Å². The maximum atomic E-state index is 11.9. The minimum absolute atomic E-state index is 0.0969. The van der Waals surface area contributed by atoms with Crippen molar-refractivity contribution in [2.24, 2.45) is 0 Å². The van der Waals surface area contributed by atoms with Crippen LogP contribution in [0.4, 0.5) is 5.69 Å². The smallest absolute Gasteiger partial charge is 0.185 e. The lowest BCUT2D eigenvalue weighted by Gasteiger charge is -2.11. The topological polar surface area (TPSA) is 85.0 Å². The Morgan fingerprint density at radius 3 is 2.50 bits per heavy atom. The third-order valence-electron chi connectivity index (χ3n) is 2.71. The molecule has 0 aliphatic rings. The summed E-state index contributed by atoms with van der Waals surface area (Å²) in [6, 6.07) is 12.2. The fourth-order valence-electron chi connectivity index (χ4n) is 1.67. The van der Waals surface area contributed by atoms with Crippen LogP contribution >= 0.6 is 0 Å². The zero-order chi connectivity index (χ0) is 14.5. The van der Waals surface area contributed by atoms with Crippen LogP contribution in [0, 0.1) is 5.21 Å². The van der Waals surface area contributed by atoms with Crippen LogP contribution in [0.25, 0.3) is 6.08 Å². The maximum Gasteiger partial charge on any atom is 0.185 e. The Kier molecular flexibility index (Phi) is 4.27. The molecule has 2 rings (SSSR count). The lowest BCUT2D eigenvalue weighted by molar-refractivity contribution is -0.991. The van der Waals surface area contributed by atoms with E-state index in [9.17, 15) is 10.0 Å². The number of nitrogens with one attached hydrogen (secondary N) is 1. The van der Waals surface area contributed by atoms with E-state index in [0.717, 1.165) is 0 Å². The van der Waals surface area contributed by atoms with Gasteiger partial charge in [-0.1, -0.05) is 18.2 Å². The molecule has 102 valence electrons. The normalized spacial score (nSPS) is 12.5. The number of benzene rings is 2. The van der Waals surface area contributed by atoms with Crippen LogP contribution in [0.15, 0.2) is 54.6 Å². The Hall–Kier alpha value is -2.47. The third-order valence-corrected chi connectivity index (χ3v) is 2.71. The molecule has 0 aliphatic heterocycles. The third kappa shape index (κ3) is 3.52. The van der Waals surface area contributed by atoms with Gasteiger partial charge in [-0.05, 0) is 35.9 Å². The van der Waals surface area contributed by atoms with E-state index in [1.54, 1.807) is 18.2 Å². The van der Waals surface area contributed by atoms with Gasteiger partial charge in [0.25, 0.3) is 0 Å². The number of rotatable bonds is 4. The summed E-state index contributed by atoms with van der Waals surface area (Å²) in [5.74, 6) is -0.120. The number of carbonyl (C=O) groups is 1. The predicted octanol–water partition coefficient (Wildman–Crippen LogP) is 1.69. The largest absolute Gasteiger partial charge is 0.595 e.